The maximum absolute atomic E-state index is 13.8. The second-order valence-electron chi connectivity index (χ2n) is 6.13. The molecule has 2 N–H and O–H groups in total. The molecular formula is C19H20FNO2S. The minimum absolute atomic E-state index is 0.182. The molecule has 0 saturated heterocycles. The molecule has 0 bridgehead atoms. The van der Waals surface area contributed by atoms with E-state index in [1.54, 1.807) is 24.3 Å². The highest BCUT2D eigenvalue weighted by Gasteiger charge is 2.33. The van der Waals surface area contributed by atoms with Crippen LogP contribution in [0, 0.1) is 5.82 Å². The lowest BCUT2D eigenvalue weighted by Gasteiger charge is -2.36. The average Bonchev–Trinajstić information content (AvgIpc) is 3.00. The van der Waals surface area contributed by atoms with Crippen molar-refractivity contribution < 1.29 is 14.3 Å². The molecule has 1 aromatic carbocycles. The van der Waals surface area contributed by atoms with Crippen LogP contribution in [0.4, 0.5) is 4.39 Å². The molecule has 2 aromatic rings. The number of rotatable bonds is 6. The van der Waals surface area contributed by atoms with E-state index < -0.39 is 5.60 Å². The van der Waals surface area contributed by atoms with Gasteiger partial charge in [-0.2, -0.15) is 0 Å². The molecule has 126 valence electrons. The molecule has 1 aliphatic rings. The summed E-state index contributed by atoms with van der Waals surface area (Å²) in [7, 11) is 0. The molecule has 1 aliphatic carbocycles. The topological polar surface area (TPSA) is 49.3 Å². The summed E-state index contributed by atoms with van der Waals surface area (Å²) in [4.78, 5) is 13.5. The van der Waals surface area contributed by atoms with Crippen molar-refractivity contribution in [3.05, 3.63) is 53.2 Å². The third-order valence-corrected chi connectivity index (χ3v) is 5.42. The summed E-state index contributed by atoms with van der Waals surface area (Å²) in [5.74, 6) is -0.430. The van der Waals surface area contributed by atoms with Gasteiger partial charge in [-0.15, -0.1) is 11.3 Å². The molecule has 1 heterocycles. The molecule has 1 aromatic heterocycles. The van der Waals surface area contributed by atoms with E-state index in [2.05, 4.69) is 5.32 Å². The number of hydrogen-bond acceptors (Lipinski definition) is 3. The van der Waals surface area contributed by atoms with Crippen LogP contribution in [0.1, 0.15) is 30.6 Å². The Morgan fingerprint density at radius 3 is 2.79 bits per heavy atom. The second-order valence-corrected chi connectivity index (χ2v) is 7.25. The molecule has 0 radical (unpaired) electrons. The standard InChI is InChI=1S/C19H20FNO2S/c20-16-5-2-1-4-15(16)17-8-6-14(24-17)7-9-18(22)21-13-12-19(23)10-3-11-19/h1-2,4-9,23H,3,10-13H2,(H,21,22). The summed E-state index contributed by atoms with van der Waals surface area (Å²) < 4.78 is 13.8. The maximum atomic E-state index is 13.8. The summed E-state index contributed by atoms with van der Waals surface area (Å²) in [5, 5.41) is 12.7. The number of hydrogen-bond donors (Lipinski definition) is 2. The van der Waals surface area contributed by atoms with E-state index in [1.165, 1.54) is 23.5 Å². The van der Waals surface area contributed by atoms with Gasteiger partial charge in [-0.25, -0.2) is 4.39 Å². The van der Waals surface area contributed by atoms with Gasteiger partial charge in [0.15, 0.2) is 0 Å². The van der Waals surface area contributed by atoms with Crippen molar-refractivity contribution in [3.8, 4) is 10.4 Å². The van der Waals surface area contributed by atoms with E-state index in [0.29, 0.717) is 18.5 Å². The molecule has 3 nitrogen and oxygen atoms in total. The number of benzene rings is 1. The Kier molecular flexibility index (Phi) is 5.11. The van der Waals surface area contributed by atoms with Gasteiger partial charge >= 0.3 is 0 Å². The van der Waals surface area contributed by atoms with E-state index in [4.69, 9.17) is 0 Å². The number of halogens is 1. The third kappa shape index (κ3) is 4.10. The van der Waals surface area contributed by atoms with Gasteiger partial charge in [0.05, 0.1) is 5.60 Å². The van der Waals surface area contributed by atoms with Gasteiger partial charge in [0.1, 0.15) is 5.82 Å². The zero-order valence-corrected chi connectivity index (χ0v) is 14.1. The molecule has 0 aliphatic heterocycles. The first-order chi connectivity index (χ1) is 11.6. The number of aliphatic hydroxyl groups is 1. The Morgan fingerprint density at radius 1 is 1.29 bits per heavy atom. The lowest BCUT2D eigenvalue weighted by molar-refractivity contribution is -0.116. The SMILES string of the molecule is O=C(C=Cc1ccc(-c2ccccc2F)s1)NCCC1(O)CCC1. The highest BCUT2D eigenvalue weighted by molar-refractivity contribution is 7.16. The number of carbonyl (C=O) groups is 1. The smallest absolute Gasteiger partial charge is 0.244 e. The predicted molar refractivity (Wildman–Crippen MR) is 95.2 cm³/mol. The highest BCUT2D eigenvalue weighted by atomic mass is 32.1. The average molecular weight is 345 g/mol. The minimum atomic E-state index is -0.570. The Labute approximate surface area is 144 Å². The minimum Gasteiger partial charge on any atom is -0.390 e. The van der Waals surface area contributed by atoms with Gasteiger partial charge in [-0.3, -0.25) is 4.79 Å². The molecule has 0 unspecified atom stereocenters. The van der Waals surface area contributed by atoms with Gasteiger partial charge in [0, 0.05) is 27.9 Å². The van der Waals surface area contributed by atoms with E-state index >= 15 is 0 Å². The summed E-state index contributed by atoms with van der Waals surface area (Å²) >= 11 is 1.44. The van der Waals surface area contributed by atoms with E-state index in [1.807, 2.05) is 12.1 Å². The van der Waals surface area contributed by atoms with Crippen molar-refractivity contribution in [3.63, 3.8) is 0 Å². The Bertz CT molecular complexity index is 749. The normalized spacial score (nSPS) is 16.1. The van der Waals surface area contributed by atoms with Crippen LogP contribution in [0.25, 0.3) is 16.5 Å². The van der Waals surface area contributed by atoms with Crippen LogP contribution >= 0.6 is 11.3 Å². The fourth-order valence-corrected chi connectivity index (χ4v) is 3.66. The quantitative estimate of drug-likeness (QED) is 0.778. The van der Waals surface area contributed by atoms with Crippen LogP contribution in [-0.4, -0.2) is 23.2 Å². The van der Waals surface area contributed by atoms with Gasteiger partial charge in [-0.1, -0.05) is 18.2 Å². The lowest BCUT2D eigenvalue weighted by Crippen LogP contribution is -2.40. The van der Waals surface area contributed by atoms with Crippen LogP contribution in [0.15, 0.2) is 42.5 Å². The maximum Gasteiger partial charge on any atom is 0.244 e. The summed E-state index contributed by atoms with van der Waals surface area (Å²) in [6.07, 6.45) is 6.51. The third-order valence-electron chi connectivity index (χ3n) is 4.34. The second kappa shape index (κ2) is 7.28. The van der Waals surface area contributed by atoms with Crippen molar-refractivity contribution in [2.75, 3.05) is 6.54 Å². The molecule has 0 atom stereocenters. The largest absolute Gasteiger partial charge is 0.390 e. The predicted octanol–water partition coefficient (Wildman–Crippen LogP) is 3.99. The van der Waals surface area contributed by atoms with Crippen LogP contribution in [0.2, 0.25) is 0 Å². The molecule has 5 heteroatoms. The number of nitrogens with one attached hydrogen (secondary N) is 1. The van der Waals surface area contributed by atoms with E-state index in [-0.39, 0.29) is 11.7 Å². The molecule has 0 spiro atoms. The Hall–Kier alpha value is -1.98. The first kappa shape index (κ1) is 16.9. The lowest BCUT2D eigenvalue weighted by atomic mass is 9.78. The number of amides is 1. The summed E-state index contributed by atoms with van der Waals surface area (Å²) in [5.41, 5.74) is -0.000273. The zero-order valence-electron chi connectivity index (χ0n) is 13.3. The van der Waals surface area contributed by atoms with Crippen molar-refractivity contribution in [2.24, 2.45) is 0 Å². The summed E-state index contributed by atoms with van der Waals surface area (Å²) in [6.45, 7) is 0.477. The molecule has 3 rings (SSSR count). The number of thiophene rings is 1. The fourth-order valence-electron chi connectivity index (χ4n) is 2.72. The molecule has 24 heavy (non-hydrogen) atoms. The molecule has 1 fully saturated rings. The van der Waals surface area contributed by atoms with Crippen LogP contribution in [0.5, 0.6) is 0 Å². The first-order valence-electron chi connectivity index (χ1n) is 8.09. The summed E-state index contributed by atoms with van der Waals surface area (Å²) in [6, 6.07) is 10.4. The molecule has 1 saturated carbocycles. The zero-order chi connectivity index (χ0) is 17.0. The Morgan fingerprint density at radius 2 is 2.08 bits per heavy atom. The van der Waals surface area contributed by atoms with E-state index in [0.717, 1.165) is 29.0 Å². The highest BCUT2D eigenvalue weighted by Crippen LogP contribution is 2.34. The monoisotopic (exact) mass is 345 g/mol. The molecule has 1 amide bonds. The van der Waals surface area contributed by atoms with Crippen molar-refractivity contribution >= 4 is 23.3 Å². The van der Waals surface area contributed by atoms with Crippen molar-refractivity contribution in [1.29, 1.82) is 0 Å². The van der Waals surface area contributed by atoms with Gasteiger partial charge in [-0.05, 0) is 50.0 Å². The van der Waals surface area contributed by atoms with Crippen LogP contribution in [0.3, 0.4) is 0 Å². The Balaban J connectivity index is 1.53. The van der Waals surface area contributed by atoms with Crippen LogP contribution in [-0.2, 0) is 4.79 Å². The van der Waals surface area contributed by atoms with Crippen molar-refractivity contribution in [2.45, 2.75) is 31.3 Å². The van der Waals surface area contributed by atoms with Gasteiger partial charge < -0.3 is 10.4 Å². The van der Waals surface area contributed by atoms with Gasteiger partial charge in [0.2, 0.25) is 5.91 Å². The van der Waals surface area contributed by atoms with Gasteiger partial charge in [0.25, 0.3) is 0 Å². The fraction of sp³-hybridized carbons (Fsp3) is 0.316. The van der Waals surface area contributed by atoms with Crippen LogP contribution < -0.4 is 5.32 Å². The van der Waals surface area contributed by atoms with E-state index in [9.17, 15) is 14.3 Å². The molecular weight excluding hydrogens is 325 g/mol. The number of carbonyl (C=O) groups excluding carboxylic acids is 1. The first-order valence-corrected chi connectivity index (χ1v) is 8.90. The van der Waals surface area contributed by atoms with Crippen molar-refractivity contribution in [1.82, 2.24) is 5.32 Å².